The van der Waals surface area contributed by atoms with Gasteiger partial charge < -0.3 is 14.8 Å². The predicted octanol–water partition coefficient (Wildman–Crippen LogP) is 3.23. The molecule has 114 valence electrons. The van der Waals surface area contributed by atoms with Crippen LogP contribution in [0.25, 0.3) is 0 Å². The quantitative estimate of drug-likeness (QED) is 0.782. The molecule has 0 aliphatic heterocycles. The fraction of sp³-hybridized carbons (Fsp3) is 0.571. The number of ether oxygens (including phenoxy) is 2. The highest BCUT2D eigenvalue weighted by Crippen LogP contribution is 2.24. The summed E-state index contributed by atoms with van der Waals surface area (Å²) in [7, 11) is 3.37. The summed E-state index contributed by atoms with van der Waals surface area (Å²) < 4.78 is 45.7. The Morgan fingerprint density at radius 3 is 2.50 bits per heavy atom. The van der Waals surface area contributed by atoms with Crippen LogP contribution in [0.4, 0.5) is 13.2 Å². The van der Waals surface area contributed by atoms with Crippen LogP contribution in [-0.2, 0) is 4.74 Å². The van der Waals surface area contributed by atoms with E-state index in [0.717, 1.165) is 16.9 Å². The van der Waals surface area contributed by atoms with Gasteiger partial charge in [0.15, 0.2) is 0 Å². The third-order valence-electron chi connectivity index (χ3n) is 2.99. The lowest BCUT2D eigenvalue weighted by Crippen LogP contribution is -2.21. The van der Waals surface area contributed by atoms with Crippen molar-refractivity contribution >= 4 is 0 Å². The Kier molecular flexibility index (Phi) is 6.29. The fourth-order valence-corrected chi connectivity index (χ4v) is 1.99. The number of rotatable bonds is 7. The average Bonchev–Trinajstić information content (AvgIpc) is 2.37. The number of hydrogen-bond acceptors (Lipinski definition) is 3. The summed E-state index contributed by atoms with van der Waals surface area (Å²) in [6, 6.07) is 5.67. The molecule has 0 spiro atoms. The SMILES string of the molecule is CNC(CCOCC(F)(F)F)c1ccc(OC)c(C)c1. The van der Waals surface area contributed by atoms with Crippen molar-refractivity contribution in [2.75, 3.05) is 27.4 Å². The molecule has 1 aromatic carbocycles. The van der Waals surface area contributed by atoms with Crippen LogP contribution in [-0.4, -0.2) is 33.5 Å². The fourth-order valence-electron chi connectivity index (χ4n) is 1.99. The van der Waals surface area contributed by atoms with E-state index in [2.05, 4.69) is 10.1 Å². The topological polar surface area (TPSA) is 30.5 Å². The maximum Gasteiger partial charge on any atom is 0.411 e. The van der Waals surface area contributed by atoms with Crippen molar-refractivity contribution in [3.8, 4) is 5.75 Å². The Morgan fingerprint density at radius 2 is 2.00 bits per heavy atom. The lowest BCUT2D eigenvalue weighted by molar-refractivity contribution is -0.174. The van der Waals surface area contributed by atoms with Gasteiger partial charge in [-0.1, -0.05) is 12.1 Å². The van der Waals surface area contributed by atoms with Gasteiger partial charge in [0.05, 0.1) is 7.11 Å². The monoisotopic (exact) mass is 291 g/mol. The van der Waals surface area contributed by atoms with Crippen LogP contribution in [0.2, 0.25) is 0 Å². The predicted molar refractivity (Wildman–Crippen MR) is 71.0 cm³/mol. The molecule has 1 aromatic rings. The second-order valence-corrected chi connectivity index (χ2v) is 4.53. The highest BCUT2D eigenvalue weighted by atomic mass is 19.4. The van der Waals surface area contributed by atoms with Crippen molar-refractivity contribution in [1.29, 1.82) is 0 Å². The molecule has 0 saturated heterocycles. The van der Waals surface area contributed by atoms with Crippen LogP contribution in [0.1, 0.15) is 23.6 Å². The lowest BCUT2D eigenvalue weighted by atomic mass is 10.0. The Morgan fingerprint density at radius 1 is 1.30 bits per heavy atom. The summed E-state index contributed by atoms with van der Waals surface area (Å²) in [4.78, 5) is 0. The zero-order valence-electron chi connectivity index (χ0n) is 11.9. The Balaban J connectivity index is 2.56. The zero-order valence-corrected chi connectivity index (χ0v) is 11.9. The van der Waals surface area contributed by atoms with E-state index in [1.165, 1.54) is 0 Å². The number of hydrogen-bond donors (Lipinski definition) is 1. The molecule has 0 heterocycles. The van der Waals surface area contributed by atoms with Crippen LogP contribution in [0.15, 0.2) is 18.2 Å². The van der Waals surface area contributed by atoms with Crippen LogP contribution in [0.3, 0.4) is 0 Å². The normalized spacial score (nSPS) is 13.3. The van der Waals surface area contributed by atoms with E-state index < -0.39 is 12.8 Å². The number of alkyl halides is 3. The zero-order chi connectivity index (χ0) is 15.2. The summed E-state index contributed by atoms with van der Waals surface area (Å²) in [5.74, 6) is 0.789. The number of aryl methyl sites for hydroxylation is 1. The van der Waals surface area contributed by atoms with E-state index in [4.69, 9.17) is 4.74 Å². The van der Waals surface area contributed by atoms with Gasteiger partial charge >= 0.3 is 6.18 Å². The average molecular weight is 291 g/mol. The number of halogens is 3. The Hall–Kier alpha value is -1.27. The molecule has 0 bridgehead atoms. The molecular formula is C14H20F3NO2. The molecule has 0 radical (unpaired) electrons. The van der Waals surface area contributed by atoms with Gasteiger partial charge in [0.1, 0.15) is 12.4 Å². The van der Waals surface area contributed by atoms with Gasteiger partial charge in [0.25, 0.3) is 0 Å². The van der Waals surface area contributed by atoms with Crippen molar-refractivity contribution in [3.63, 3.8) is 0 Å². The number of benzene rings is 1. The third-order valence-corrected chi connectivity index (χ3v) is 2.99. The molecule has 1 rings (SSSR count). The summed E-state index contributed by atoms with van der Waals surface area (Å²) >= 11 is 0. The number of methoxy groups -OCH3 is 1. The van der Waals surface area contributed by atoms with Crippen molar-refractivity contribution in [3.05, 3.63) is 29.3 Å². The van der Waals surface area contributed by atoms with Gasteiger partial charge in [-0.15, -0.1) is 0 Å². The minimum absolute atomic E-state index is 0.0483. The number of nitrogens with one attached hydrogen (secondary N) is 1. The van der Waals surface area contributed by atoms with E-state index in [0.29, 0.717) is 6.42 Å². The summed E-state index contributed by atoms with van der Waals surface area (Å²) in [6.07, 6.45) is -3.80. The van der Waals surface area contributed by atoms with Gasteiger partial charge in [-0.25, -0.2) is 0 Å². The second-order valence-electron chi connectivity index (χ2n) is 4.53. The summed E-state index contributed by atoms with van der Waals surface area (Å²) in [5.41, 5.74) is 1.99. The van der Waals surface area contributed by atoms with Crippen LogP contribution in [0, 0.1) is 6.92 Å². The van der Waals surface area contributed by atoms with Crippen molar-refractivity contribution in [2.45, 2.75) is 25.6 Å². The molecule has 1 unspecified atom stereocenters. The molecule has 0 aliphatic rings. The van der Waals surface area contributed by atoms with Crippen LogP contribution >= 0.6 is 0 Å². The van der Waals surface area contributed by atoms with Gasteiger partial charge in [-0.2, -0.15) is 13.2 Å². The molecule has 0 aliphatic carbocycles. The van der Waals surface area contributed by atoms with E-state index in [-0.39, 0.29) is 12.6 Å². The maximum atomic E-state index is 12.0. The van der Waals surface area contributed by atoms with E-state index >= 15 is 0 Å². The van der Waals surface area contributed by atoms with Gasteiger partial charge in [-0.05, 0) is 37.6 Å². The molecule has 1 N–H and O–H groups in total. The molecule has 0 fully saturated rings. The molecule has 6 heteroatoms. The minimum atomic E-state index is -4.27. The third kappa shape index (κ3) is 5.38. The first-order valence-corrected chi connectivity index (χ1v) is 6.33. The highest BCUT2D eigenvalue weighted by Gasteiger charge is 2.27. The Bertz CT molecular complexity index is 421. The van der Waals surface area contributed by atoms with Gasteiger partial charge in [0, 0.05) is 12.6 Å². The summed E-state index contributed by atoms with van der Waals surface area (Å²) in [5, 5.41) is 3.08. The van der Waals surface area contributed by atoms with E-state index in [1.807, 2.05) is 25.1 Å². The van der Waals surface area contributed by atoms with E-state index in [9.17, 15) is 13.2 Å². The van der Waals surface area contributed by atoms with Crippen LogP contribution < -0.4 is 10.1 Å². The van der Waals surface area contributed by atoms with Crippen molar-refractivity contribution in [1.82, 2.24) is 5.32 Å². The maximum absolute atomic E-state index is 12.0. The molecule has 1 atom stereocenters. The second kappa shape index (κ2) is 7.50. The lowest BCUT2D eigenvalue weighted by Gasteiger charge is -2.18. The molecule has 3 nitrogen and oxygen atoms in total. The van der Waals surface area contributed by atoms with Gasteiger partial charge in [-0.3, -0.25) is 0 Å². The highest BCUT2D eigenvalue weighted by molar-refractivity contribution is 5.37. The molecule has 0 aromatic heterocycles. The largest absolute Gasteiger partial charge is 0.496 e. The standard InChI is InChI=1S/C14H20F3NO2/c1-10-8-11(4-5-13(10)19-3)12(18-2)6-7-20-9-14(15,16)17/h4-5,8,12,18H,6-7,9H2,1-3H3. The molecule has 0 saturated carbocycles. The smallest absolute Gasteiger partial charge is 0.411 e. The molecule has 20 heavy (non-hydrogen) atoms. The van der Waals surface area contributed by atoms with Gasteiger partial charge in [0.2, 0.25) is 0 Å². The molecular weight excluding hydrogens is 271 g/mol. The Labute approximate surface area is 117 Å². The van der Waals surface area contributed by atoms with Crippen molar-refractivity contribution < 1.29 is 22.6 Å². The first-order chi connectivity index (χ1) is 9.37. The summed E-state index contributed by atoms with van der Waals surface area (Å²) in [6.45, 7) is 0.774. The minimum Gasteiger partial charge on any atom is -0.496 e. The van der Waals surface area contributed by atoms with Crippen LogP contribution in [0.5, 0.6) is 5.75 Å². The first kappa shape index (κ1) is 16.8. The van der Waals surface area contributed by atoms with Crippen molar-refractivity contribution in [2.24, 2.45) is 0 Å². The first-order valence-electron chi connectivity index (χ1n) is 6.33. The van der Waals surface area contributed by atoms with E-state index in [1.54, 1.807) is 14.2 Å². The molecule has 0 amide bonds.